The zero-order valence-corrected chi connectivity index (χ0v) is 29.6. The minimum Gasteiger partial charge on any atom is -0.435 e. The Kier molecular flexibility index (Phi) is 6.97. The van der Waals surface area contributed by atoms with Crippen LogP contribution in [0, 0.1) is 0 Å². The van der Waals surface area contributed by atoms with Crippen molar-refractivity contribution in [3.63, 3.8) is 0 Å². The number of aromatic nitrogens is 4. The van der Waals surface area contributed by atoms with Gasteiger partial charge < -0.3 is 4.42 Å². The molecular formula is C48H28N4OS. The van der Waals surface area contributed by atoms with Gasteiger partial charge in [0.2, 0.25) is 5.89 Å². The lowest BCUT2D eigenvalue weighted by atomic mass is 9.94. The first-order valence-electron chi connectivity index (χ1n) is 17.9. The second-order valence-corrected chi connectivity index (χ2v) is 14.5. The zero-order chi connectivity index (χ0) is 35.6. The minimum absolute atomic E-state index is 0.617. The molecule has 6 heteroatoms. The molecule has 3 aromatic heterocycles. The molecule has 0 saturated heterocycles. The Hall–Kier alpha value is -7.02. The van der Waals surface area contributed by atoms with Crippen molar-refractivity contribution in [1.82, 2.24) is 19.9 Å². The number of hydrogen-bond donors (Lipinski definition) is 0. The van der Waals surface area contributed by atoms with Crippen molar-refractivity contribution in [1.29, 1.82) is 0 Å². The Morgan fingerprint density at radius 2 is 0.889 bits per heavy atom. The summed E-state index contributed by atoms with van der Waals surface area (Å²) in [6, 6.07) is 58.6. The van der Waals surface area contributed by atoms with Crippen LogP contribution < -0.4 is 0 Å². The molecule has 0 amide bonds. The number of hydrogen-bond acceptors (Lipinski definition) is 6. The SMILES string of the molecule is c1ccc(-c2ccc(-c3nc(-c4ccccc4)nc(-c4cc5c(ccc6sc7ccc8nc(-c9ccccc9)oc8c7c65)c5ccccc45)n3)cc2)cc1. The van der Waals surface area contributed by atoms with Gasteiger partial charge in [0.05, 0.1) is 0 Å². The highest BCUT2D eigenvalue weighted by molar-refractivity contribution is 7.26. The van der Waals surface area contributed by atoms with Crippen LogP contribution in [-0.2, 0) is 0 Å². The van der Waals surface area contributed by atoms with E-state index in [0.717, 1.165) is 75.9 Å². The van der Waals surface area contributed by atoms with Crippen LogP contribution in [0.25, 0.3) is 110 Å². The van der Waals surface area contributed by atoms with Gasteiger partial charge in [0.15, 0.2) is 23.1 Å². The summed E-state index contributed by atoms with van der Waals surface area (Å²) in [5, 5.41) is 6.72. The molecule has 8 aromatic carbocycles. The summed E-state index contributed by atoms with van der Waals surface area (Å²) >= 11 is 1.77. The second-order valence-electron chi connectivity index (χ2n) is 13.4. The smallest absolute Gasteiger partial charge is 0.227 e. The minimum atomic E-state index is 0.617. The van der Waals surface area contributed by atoms with E-state index in [1.807, 2.05) is 66.7 Å². The zero-order valence-electron chi connectivity index (χ0n) is 28.8. The van der Waals surface area contributed by atoms with E-state index < -0.39 is 0 Å². The highest BCUT2D eigenvalue weighted by atomic mass is 32.1. The lowest BCUT2D eigenvalue weighted by Gasteiger charge is -2.13. The molecule has 252 valence electrons. The quantitative estimate of drug-likeness (QED) is 0.167. The van der Waals surface area contributed by atoms with Crippen molar-refractivity contribution in [2.45, 2.75) is 0 Å². The number of rotatable bonds is 5. The molecule has 0 atom stereocenters. The summed E-state index contributed by atoms with van der Waals surface area (Å²) in [5.41, 5.74) is 7.70. The first kappa shape index (κ1) is 30.6. The molecule has 11 aromatic rings. The first-order chi connectivity index (χ1) is 26.7. The van der Waals surface area contributed by atoms with Gasteiger partial charge in [0, 0.05) is 42.4 Å². The van der Waals surface area contributed by atoms with Gasteiger partial charge in [-0.05, 0) is 69.1 Å². The fraction of sp³-hybridized carbons (Fsp3) is 0. The molecule has 54 heavy (non-hydrogen) atoms. The maximum absolute atomic E-state index is 6.61. The fourth-order valence-corrected chi connectivity index (χ4v) is 8.71. The molecule has 0 bridgehead atoms. The molecule has 0 aliphatic heterocycles. The van der Waals surface area contributed by atoms with E-state index in [0.29, 0.717) is 23.4 Å². The monoisotopic (exact) mass is 708 g/mol. The molecule has 0 aliphatic carbocycles. The van der Waals surface area contributed by atoms with Gasteiger partial charge in [0.25, 0.3) is 0 Å². The normalized spacial score (nSPS) is 11.7. The van der Waals surface area contributed by atoms with Crippen LogP contribution in [0.4, 0.5) is 0 Å². The molecule has 0 fully saturated rings. The van der Waals surface area contributed by atoms with Crippen LogP contribution in [0.15, 0.2) is 174 Å². The van der Waals surface area contributed by atoms with Crippen LogP contribution >= 0.6 is 11.3 Å². The second kappa shape index (κ2) is 12.3. The largest absolute Gasteiger partial charge is 0.435 e. The lowest BCUT2D eigenvalue weighted by Crippen LogP contribution is -2.00. The van der Waals surface area contributed by atoms with E-state index in [4.69, 9.17) is 24.4 Å². The van der Waals surface area contributed by atoms with Crippen molar-refractivity contribution in [2.24, 2.45) is 0 Å². The van der Waals surface area contributed by atoms with Crippen LogP contribution in [0.2, 0.25) is 0 Å². The molecule has 11 rings (SSSR count). The molecule has 0 spiro atoms. The average Bonchev–Trinajstić information content (AvgIpc) is 3.86. The van der Waals surface area contributed by atoms with Gasteiger partial charge in [-0.2, -0.15) is 0 Å². The summed E-state index contributed by atoms with van der Waals surface area (Å²) in [5.74, 6) is 2.49. The molecular weight excluding hydrogens is 681 g/mol. The van der Waals surface area contributed by atoms with E-state index in [-0.39, 0.29) is 0 Å². The van der Waals surface area contributed by atoms with Crippen molar-refractivity contribution in [3.05, 3.63) is 170 Å². The van der Waals surface area contributed by atoms with Crippen molar-refractivity contribution < 1.29 is 4.42 Å². The maximum Gasteiger partial charge on any atom is 0.227 e. The van der Waals surface area contributed by atoms with Crippen LogP contribution in [0.3, 0.4) is 0 Å². The Bertz CT molecular complexity index is 3190. The molecule has 0 aliphatic rings. The predicted molar refractivity (Wildman–Crippen MR) is 222 cm³/mol. The molecule has 5 nitrogen and oxygen atoms in total. The van der Waals surface area contributed by atoms with Gasteiger partial charge >= 0.3 is 0 Å². The van der Waals surface area contributed by atoms with Gasteiger partial charge in [-0.1, -0.05) is 133 Å². The highest BCUT2D eigenvalue weighted by Crippen LogP contribution is 2.46. The number of nitrogens with zero attached hydrogens (tertiary/aromatic N) is 4. The van der Waals surface area contributed by atoms with Crippen LogP contribution in [-0.4, -0.2) is 19.9 Å². The van der Waals surface area contributed by atoms with E-state index in [9.17, 15) is 0 Å². The standard InChI is InChI=1S/C48H28N4OS/c1-4-12-29(13-5-1)30-20-22-32(23-21-30)46-50-45(31-14-6-2-7-15-31)51-47(52-46)38-28-37-36(34-18-10-11-19-35(34)38)24-26-40-42(37)43-41(54-40)27-25-39-44(43)53-48(49-39)33-16-8-3-9-17-33/h1-28H. The predicted octanol–water partition coefficient (Wildman–Crippen LogP) is 13.0. The van der Waals surface area contributed by atoms with Gasteiger partial charge in [-0.25, -0.2) is 19.9 Å². The maximum atomic E-state index is 6.61. The summed E-state index contributed by atoms with van der Waals surface area (Å²) in [7, 11) is 0. The Morgan fingerprint density at radius 1 is 0.370 bits per heavy atom. The third-order valence-electron chi connectivity index (χ3n) is 10.2. The third kappa shape index (κ3) is 4.99. The molecule has 3 heterocycles. The van der Waals surface area contributed by atoms with Gasteiger partial charge in [0.1, 0.15) is 5.52 Å². The summed E-state index contributed by atoms with van der Waals surface area (Å²) < 4.78 is 8.95. The molecule has 0 N–H and O–H groups in total. The van der Waals surface area contributed by atoms with E-state index in [1.165, 1.54) is 10.3 Å². The first-order valence-corrected chi connectivity index (χ1v) is 18.7. The highest BCUT2D eigenvalue weighted by Gasteiger charge is 2.21. The number of benzene rings is 8. The van der Waals surface area contributed by atoms with E-state index in [1.54, 1.807) is 11.3 Å². The Balaban J connectivity index is 1.17. The van der Waals surface area contributed by atoms with Crippen LogP contribution in [0.5, 0.6) is 0 Å². The van der Waals surface area contributed by atoms with Gasteiger partial charge in [-0.15, -0.1) is 11.3 Å². The average molecular weight is 709 g/mol. The molecule has 0 radical (unpaired) electrons. The molecule has 0 unspecified atom stereocenters. The topological polar surface area (TPSA) is 64.7 Å². The fourth-order valence-electron chi connectivity index (χ4n) is 7.59. The summed E-state index contributed by atoms with van der Waals surface area (Å²) in [6.07, 6.45) is 0. The van der Waals surface area contributed by atoms with Crippen molar-refractivity contribution in [2.75, 3.05) is 0 Å². The van der Waals surface area contributed by atoms with Gasteiger partial charge in [-0.3, -0.25) is 0 Å². The summed E-state index contributed by atoms with van der Waals surface area (Å²) in [6.45, 7) is 0. The Morgan fingerprint density at radius 3 is 1.61 bits per heavy atom. The van der Waals surface area contributed by atoms with Crippen molar-refractivity contribution in [3.8, 4) is 56.7 Å². The number of oxazole rings is 1. The lowest BCUT2D eigenvalue weighted by molar-refractivity contribution is 0.623. The van der Waals surface area contributed by atoms with Crippen molar-refractivity contribution >= 4 is 64.2 Å². The third-order valence-corrected chi connectivity index (χ3v) is 11.3. The Labute approximate surface area is 313 Å². The van der Waals surface area contributed by atoms with E-state index in [2.05, 4.69) is 103 Å². The number of fused-ring (bicyclic) bond motifs is 9. The summed E-state index contributed by atoms with van der Waals surface area (Å²) in [4.78, 5) is 20.4. The van der Waals surface area contributed by atoms with E-state index >= 15 is 0 Å². The number of thiophene rings is 1. The van der Waals surface area contributed by atoms with Crippen LogP contribution in [0.1, 0.15) is 0 Å². The molecule has 0 saturated carbocycles.